The molecule has 1 aliphatic rings. The molecule has 2 atom stereocenters. The predicted octanol–water partition coefficient (Wildman–Crippen LogP) is 7.30. The molecule has 1 nitrogen and oxygen atoms in total. The van der Waals surface area contributed by atoms with Gasteiger partial charge in [-0.25, -0.2) is 0 Å². The second-order valence-electron chi connectivity index (χ2n) is 8.60. The summed E-state index contributed by atoms with van der Waals surface area (Å²) in [4.78, 5) is 0. The van der Waals surface area contributed by atoms with Crippen LogP contribution in [-0.4, -0.2) is 11.0 Å². The van der Waals surface area contributed by atoms with Crippen LogP contribution in [0.5, 0.6) is 5.75 Å². The van der Waals surface area contributed by atoms with Crippen molar-refractivity contribution in [3.63, 3.8) is 0 Å². The molecule has 28 heavy (non-hydrogen) atoms. The molecule has 0 amide bonds. The molecule has 0 unspecified atom stereocenters. The molecular formula is C26H25OP. The maximum absolute atomic E-state index is 6.36. The zero-order chi connectivity index (χ0) is 19.5. The smallest absolute Gasteiger partial charge is 0.128 e. The zero-order valence-corrected chi connectivity index (χ0v) is 17.8. The lowest BCUT2D eigenvalue weighted by atomic mass is 9.92. The van der Waals surface area contributed by atoms with E-state index in [1.165, 1.54) is 38.0 Å². The van der Waals surface area contributed by atoms with Gasteiger partial charge in [-0.05, 0) is 64.8 Å². The highest BCUT2D eigenvalue weighted by Crippen LogP contribution is 2.60. The topological polar surface area (TPSA) is 9.23 Å². The molecular weight excluding hydrogens is 359 g/mol. The van der Waals surface area contributed by atoms with Gasteiger partial charge >= 0.3 is 0 Å². The minimum absolute atomic E-state index is 0.191. The fourth-order valence-corrected chi connectivity index (χ4v) is 7.83. The third kappa shape index (κ3) is 2.65. The monoisotopic (exact) mass is 384 g/mol. The van der Waals surface area contributed by atoms with Crippen LogP contribution in [-0.2, 0) is 0 Å². The number of hydrogen-bond donors (Lipinski definition) is 0. The van der Waals surface area contributed by atoms with Crippen molar-refractivity contribution in [2.75, 3.05) is 0 Å². The Morgan fingerprint density at radius 3 is 2.00 bits per heavy atom. The Morgan fingerprint density at radius 1 is 0.786 bits per heavy atom. The molecule has 0 spiro atoms. The Kier molecular flexibility index (Phi) is 4.00. The van der Waals surface area contributed by atoms with Gasteiger partial charge in [0, 0.05) is 5.30 Å². The SMILES string of the molecule is C[C@H]1Oc2cccc(-c3c4ccccc4cc4ccccc34)c2[P@@]1C(C)(C)C. The van der Waals surface area contributed by atoms with Gasteiger partial charge in [0.05, 0.1) is 0 Å². The Balaban J connectivity index is 1.92. The summed E-state index contributed by atoms with van der Waals surface area (Å²) in [6, 6.07) is 26.4. The van der Waals surface area contributed by atoms with E-state index in [9.17, 15) is 0 Å². The van der Waals surface area contributed by atoms with E-state index >= 15 is 0 Å². The highest BCUT2D eigenvalue weighted by atomic mass is 31.1. The summed E-state index contributed by atoms with van der Waals surface area (Å²) in [6.45, 7) is 9.30. The largest absolute Gasteiger partial charge is 0.485 e. The first-order chi connectivity index (χ1) is 13.4. The van der Waals surface area contributed by atoms with Crippen molar-refractivity contribution in [1.82, 2.24) is 0 Å². The lowest BCUT2D eigenvalue weighted by Gasteiger charge is -2.31. The van der Waals surface area contributed by atoms with E-state index in [1.807, 2.05) is 0 Å². The van der Waals surface area contributed by atoms with Crippen molar-refractivity contribution in [3.8, 4) is 16.9 Å². The van der Waals surface area contributed by atoms with Crippen LogP contribution < -0.4 is 10.0 Å². The Morgan fingerprint density at radius 2 is 1.39 bits per heavy atom. The van der Waals surface area contributed by atoms with Gasteiger partial charge in [0.15, 0.2) is 0 Å². The number of rotatable bonds is 1. The minimum Gasteiger partial charge on any atom is -0.485 e. The molecule has 0 aliphatic carbocycles. The predicted molar refractivity (Wildman–Crippen MR) is 123 cm³/mol. The van der Waals surface area contributed by atoms with Crippen molar-refractivity contribution in [2.45, 2.75) is 38.7 Å². The first-order valence-electron chi connectivity index (χ1n) is 9.95. The van der Waals surface area contributed by atoms with Gasteiger partial charge in [0.2, 0.25) is 0 Å². The Labute approximate surface area is 168 Å². The van der Waals surface area contributed by atoms with Crippen LogP contribution in [0.4, 0.5) is 0 Å². The molecule has 4 aromatic carbocycles. The van der Waals surface area contributed by atoms with Crippen LogP contribution in [0.25, 0.3) is 32.7 Å². The molecule has 1 heterocycles. The summed E-state index contributed by atoms with van der Waals surface area (Å²) in [5.74, 6) is 1.32. The van der Waals surface area contributed by atoms with E-state index in [0.29, 0.717) is 0 Å². The van der Waals surface area contributed by atoms with Crippen molar-refractivity contribution in [1.29, 1.82) is 0 Å². The lowest BCUT2D eigenvalue weighted by molar-refractivity contribution is 0.313. The van der Waals surface area contributed by atoms with E-state index in [0.717, 1.165) is 5.75 Å². The fourth-order valence-electron chi connectivity index (χ4n) is 4.67. The summed E-state index contributed by atoms with van der Waals surface area (Å²) >= 11 is 0. The zero-order valence-electron chi connectivity index (χ0n) is 16.9. The van der Waals surface area contributed by atoms with E-state index in [-0.39, 0.29) is 11.0 Å². The molecule has 1 aliphatic heterocycles. The molecule has 4 aromatic rings. The molecule has 0 N–H and O–H groups in total. The van der Waals surface area contributed by atoms with Gasteiger partial charge in [-0.3, -0.25) is 0 Å². The Bertz CT molecular complexity index is 1150. The molecule has 5 rings (SSSR count). The van der Waals surface area contributed by atoms with Gasteiger partial charge in [0.25, 0.3) is 0 Å². The number of benzene rings is 4. The normalized spacial score (nSPS) is 19.0. The maximum Gasteiger partial charge on any atom is 0.128 e. The van der Waals surface area contributed by atoms with Gasteiger partial charge < -0.3 is 4.74 Å². The molecule has 0 radical (unpaired) electrons. The summed E-state index contributed by atoms with van der Waals surface area (Å²) in [7, 11) is -0.441. The van der Waals surface area contributed by atoms with Gasteiger partial charge in [-0.1, -0.05) is 81.4 Å². The van der Waals surface area contributed by atoms with Crippen molar-refractivity contribution < 1.29 is 4.74 Å². The van der Waals surface area contributed by atoms with Crippen LogP contribution in [0.3, 0.4) is 0 Å². The summed E-state index contributed by atoms with van der Waals surface area (Å²) in [6.07, 6.45) is 0. The maximum atomic E-state index is 6.36. The quantitative estimate of drug-likeness (QED) is 0.247. The van der Waals surface area contributed by atoms with Crippen molar-refractivity contribution in [2.24, 2.45) is 0 Å². The average molecular weight is 384 g/mol. The highest BCUT2D eigenvalue weighted by Gasteiger charge is 2.41. The van der Waals surface area contributed by atoms with Crippen LogP contribution in [0, 0.1) is 0 Å². The standard InChI is InChI=1S/C26H25OP/c1-17-27-23-15-9-14-22(25(23)28(17)26(2,3)4)24-20-12-7-5-10-18(20)16-19-11-6-8-13-21(19)24/h5-17H,1-4H3/t17-,28-/m0/s1. The second-order valence-corrected chi connectivity index (χ2v) is 11.9. The summed E-state index contributed by atoms with van der Waals surface area (Å²) < 4.78 is 6.36. The van der Waals surface area contributed by atoms with Gasteiger partial charge in [-0.2, -0.15) is 0 Å². The number of hydrogen-bond acceptors (Lipinski definition) is 1. The molecule has 2 heteroatoms. The summed E-state index contributed by atoms with van der Waals surface area (Å²) in [5.41, 5.74) is 2.69. The lowest BCUT2D eigenvalue weighted by Crippen LogP contribution is -2.22. The van der Waals surface area contributed by atoms with Gasteiger partial charge in [0.1, 0.15) is 11.6 Å². The molecule has 140 valence electrons. The van der Waals surface area contributed by atoms with E-state index in [1.54, 1.807) is 0 Å². The highest BCUT2D eigenvalue weighted by molar-refractivity contribution is 7.68. The minimum atomic E-state index is -0.441. The Hall–Kier alpha value is -2.37. The van der Waals surface area contributed by atoms with Gasteiger partial charge in [-0.15, -0.1) is 0 Å². The molecule has 0 saturated carbocycles. The number of fused-ring (bicyclic) bond motifs is 3. The number of ether oxygens (including phenoxy) is 1. The average Bonchev–Trinajstić information content (AvgIpc) is 3.02. The fraction of sp³-hybridized carbons (Fsp3) is 0.231. The first-order valence-corrected chi connectivity index (χ1v) is 11.4. The molecule has 0 fully saturated rings. The first kappa shape index (κ1) is 17.7. The molecule has 0 aromatic heterocycles. The third-order valence-corrected chi connectivity index (χ3v) is 8.89. The van der Waals surface area contributed by atoms with Crippen LogP contribution in [0.2, 0.25) is 0 Å². The van der Waals surface area contributed by atoms with Crippen LogP contribution >= 0.6 is 7.92 Å². The van der Waals surface area contributed by atoms with Crippen molar-refractivity contribution >= 4 is 34.8 Å². The van der Waals surface area contributed by atoms with Crippen LogP contribution in [0.1, 0.15) is 27.7 Å². The summed E-state index contributed by atoms with van der Waals surface area (Å²) in [5, 5.41) is 6.84. The van der Waals surface area contributed by atoms with E-state index in [2.05, 4.69) is 100 Å². The third-order valence-electron chi connectivity index (χ3n) is 5.66. The molecule has 0 saturated heterocycles. The van der Waals surface area contributed by atoms with E-state index in [4.69, 9.17) is 4.74 Å². The van der Waals surface area contributed by atoms with E-state index < -0.39 is 7.92 Å². The second kappa shape index (κ2) is 6.33. The molecule has 0 bridgehead atoms. The van der Waals surface area contributed by atoms with Crippen LogP contribution in [0.15, 0.2) is 72.8 Å². The van der Waals surface area contributed by atoms with Crippen molar-refractivity contribution in [3.05, 3.63) is 72.8 Å².